The Morgan fingerprint density at radius 3 is 2.52 bits per heavy atom. The van der Waals surface area contributed by atoms with Crippen molar-refractivity contribution in [3.05, 3.63) is 47.8 Å². The number of nitrogens with one attached hydrogen (secondary N) is 1. The first kappa shape index (κ1) is 15.6. The molecule has 3 N–H and O–H groups in total. The fraction of sp³-hybridized carbons (Fsp3) is 0.333. The average Bonchev–Trinajstić information content (AvgIpc) is 2.83. The van der Waals surface area contributed by atoms with Crippen molar-refractivity contribution >= 4 is 15.7 Å². The molecular formula is C15H21N3O2S. The minimum absolute atomic E-state index is 0.159. The third-order valence-corrected chi connectivity index (χ3v) is 4.60. The van der Waals surface area contributed by atoms with Gasteiger partial charge in [0.05, 0.1) is 0 Å². The van der Waals surface area contributed by atoms with Crippen molar-refractivity contribution in [1.29, 1.82) is 0 Å². The molecule has 0 saturated carbocycles. The molecule has 0 aliphatic carbocycles. The van der Waals surface area contributed by atoms with Crippen LogP contribution in [0.5, 0.6) is 0 Å². The van der Waals surface area contributed by atoms with Gasteiger partial charge in [-0.05, 0) is 44.5 Å². The molecule has 0 unspecified atom stereocenters. The van der Waals surface area contributed by atoms with Crippen molar-refractivity contribution < 1.29 is 8.42 Å². The molecule has 21 heavy (non-hydrogen) atoms. The quantitative estimate of drug-likeness (QED) is 0.891. The summed E-state index contributed by atoms with van der Waals surface area (Å²) in [6.07, 6.45) is 1.63. The third-order valence-electron chi connectivity index (χ3n) is 3.25. The molecular weight excluding hydrogens is 286 g/mol. The minimum atomic E-state index is -3.60. The van der Waals surface area contributed by atoms with E-state index in [1.165, 1.54) is 0 Å². The summed E-state index contributed by atoms with van der Waals surface area (Å²) in [5, 5.41) is 0. The van der Waals surface area contributed by atoms with Gasteiger partial charge in [-0.3, -0.25) is 4.72 Å². The molecule has 0 bridgehead atoms. The molecule has 0 spiro atoms. The van der Waals surface area contributed by atoms with Crippen LogP contribution in [0.2, 0.25) is 0 Å². The van der Waals surface area contributed by atoms with Crippen LogP contribution in [0, 0.1) is 6.92 Å². The summed E-state index contributed by atoms with van der Waals surface area (Å²) in [4.78, 5) is 0.234. The van der Waals surface area contributed by atoms with E-state index >= 15 is 0 Å². The SMILES string of the molecule is Cc1cccc(NS(=O)(=O)c2cc(CN)n(C(C)C)c2)c1. The van der Waals surface area contributed by atoms with E-state index in [-0.39, 0.29) is 10.9 Å². The molecule has 5 nitrogen and oxygen atoms in total. The van der Waals surface area contributed by atoms with E-state index in [2.05, 4.69) is 4.72 Å². The second-order valence-corrected chi connectivity index (χ2v) is 7.03. The van der Waals surface area contributed by atoms with Crippen LogP contribution in [0.3, 0.4) is 0 Å². The maximum atomic E-state index is 12.5. The molecule has 2 rings (SSSR count). The van der Waals surface area contributed by atoms with Gasteiger partial charge in [0.1, 0.15) is 4.90 Å². The summed E-state index contributed by atoms with van der Waals surface area (Å²) in [5.41, 5.74) is 8.04. The molecule has 1 heterocycles. The summed E-state index contributed by atoms with van der Waals surface area (Å²) in [5.74, 6) is 0. The number of hydrogen-bond donors (Lipinski definition) is 2. The highest BCUT2D eigenvalue weighted by Gasteiger charge is 2.19. The van der Waals surface area contributed by atoms with Crippen molar-refractivity contribution in [2.24, 2.45) is 5.73 Å². The molecule has 0 aliphatic rings. The lowest BCUT2D eigenvalue weighted by Gasteiger charge is -2.10. The van der Waals surface area contributed by atoms with Crippen LogP contribution >= 0.6 is 0 Å². The van der Waals surface area contributed by atoms with Gasteiger partial charge in [-0.1, -0.05) is 12.1 Å². The lowest BCUT2D eigenvalue weighted by molar-refractivity contribution is 0.573. The fourth-order valence-corrected chi connectivity index (χ4v) is 3.31. The van der Waals surface area contributed by atoms with Gasteiger partial charge in [0.2, 0.25) is 0 Å². The maximum absolute atomic E-state index is 12.5. The molecule has 114 valence electrons. The monoisotopic (exact) mass is 307 g/mol. The van der Waals surface area contributed by atoms with E-state index in [1.807, 2.05) is 37.5 Å². The van der Waals surface area contributed by atoms with Gasteiger partial charge in [-0.25, -0.2) is 8.42 Å². The second-order valence-electron chi connectivity index (χ2n) is 5.35. The van der Waals surface area contributed by atoms with Crippen LogP contribution in [0.15, 0.2) is 41.4 Å². The number of sulfonamides is 1. The number of rotatable bonds is 5. The van der Waals surface area contributed by atoms with Gasteiger partial charge in [0.15, 0.2) is 0 Å². The van der Waals surface area contributed by atoms with E-state index in [4.69, 9.17) is 5.73 Å². The molecule has 0 aliphatic heterocycles. The Hall–Kier alpha value is -1.79. The Bertz CT molecular complexity index is 733. The Kier molecular flexibility index (Phi) is 4.39. The van der Waals surface area contributed by atoms with Gasteiger partial charge in [0.25, 0.3) is 10.0 Å². The van der Waals surface area contributed by atoms with Crippen LogP contribution in [0.1, 0.15) is 31.1 Å². The summed E-state index contributed by atoms with van der Waals surface area (Å²) >= 11 is 0. The maximum Gasteiger partial charge on any atom is 0.263 e. The van der Waals surface area contributed by atoms with Crippen molar-refractivity contribution in [2.45, 2.75) is 38.3 Å². The molecule has 1 aromatic carbocycles. The van der Waals surface area contributed by atoms with E-state index < -0.39 is 10.0 Å². The molecule has 0 atom stereocenters. The minimum Gasteiger partial charge on any atom is -0.346 e. The Labute approximate surface area is 125 Å². The van der Waals surface area contributed by atoms with E-state index in [0.29, 0.717) is 12.2 Å². The van der Waals surface area contributed by atoms with Crippen molar-refractivity contribution in [3.8, 4) is 0 Å². The Morgan fingerprint density at radius 1 is 1.29 bits per heavy atom. The van der Waals surface area contributed by atoms with Crippen LogP contribution < -0.4 is 10.5 Å². The van der Waals surface area contributed by atoms with Gasteiger partial charge in [0, 0.05) is 30.2 Å². The van der Waals surface area contributed by atoms with Gasteiger partial charge < -0.3 is 10.3 Å². The molecule has 1 aromatic heterocycles. The number of nitrogens with zero attached hydrogens (tertiary/aromatic N) is 1. The van der Waals surface area contributed by atoms with Crippen molar-refractivity contribution in [3.63, 3.8) is 0 Å². The number of hydrogen-bond acceptors (Lipinski definition) is 3. The second kappa shape index (κ2) is 5.91. The third kappa shape index (κ3) is 3.46. The first-order valence-electron chi connectivity index (χ1n) is 6.84. The van der Waals surface area contributed by atoms with Crippen molar-refractivity contribution in [2.75, 3.05) is 4.72 Å². The van der Waals surface area contributed by atoms with E-state index in [9.17, 15) is 8.42 Å². The topological polar surface area (TPSA) is 77.1 Å². The standard InChI is InChI=1S/C15H21N3O2S/c1-11(2)18-10-15(8-14(18)9-16)21(19,20)17-13-6-4-5-12(3)7-13/h4-8,10-11,17H,9,16H2,1-3H3. The highest BCUT2D eigenvalue weighted by Crippen LogP contribution is 2.21. The smallest absolute Gasteiger partial charge is 0.263 e. The molecule has 0 saturated heterocycles. The van der Waals surface area contributed by atoms with Crippen LogP contribution in [0.25, 0.3) is 0 Å². The first-order chi connectivity index (χ1) is 9.83. The molecule has 0 radical (unpaired) electrons. The first-order valence-corrected chi connectivity index (χ1v) is 8.32. The zero-order chi connectivity index (χ0) is 15.6. The van der Waals surface area contributed by atoms with Crippen LogP contribution in [-0.2, 0) is 16.6 Å². The summed E-state index contributed by atoms with van der Waals surface area (Å²) in [7, 11) is -3.60. The average molecular weight is 307 g/mol. The molecule has 0 amide bonds. The van der Waals surface area contributed by atoms with Crippen LogP contribution in [0.4, 0.5) is 5.69 Å². The summed E-state index contributed by atoms with van der Waals surface area (Å²) < 4.78 is 29.4. The lowest BCUT2D eigenvalue weighted by Crippen LogP contribution is -2.12. The van der Waals surface area contributed by atoms with Crippen molar-refractivity contribution in [1.82, 2.24) is 4.57 Å². The Balaban J connectivity index is 2.36. The highest BCUT2D eigenvalue weighted by molar-refractivity contribution is 7.92. The number of anilines is 1. The number of aryl methyl sites for hydroxylation is 1. The number of aromatic nitrogens is 1. The Morgan fingerprint density at radius 2 is 2.00 bits per heavy atom. The number of benzene rings is 1. The summed E-state index contributed by atoms with van der Waals surface area (Å²) in [6.45, 7) is 6.20. The predicted molar refractivity (Wildman–Crippen MR) is 84.7 cm³/mol. The van der Waals surface area contributed by atoms with Gasteiger partial charge in [-0.2, -0.15) is 0 Å². The normalized spacial score (nSPS) is 11.9. The zero-order valence-corrected chi connectivity index (χ0v) is 13.3. The predicted octanol–water partition coefficient (Wildman–Crippen LogP) is 2.64. The summed E-state index contributed by atoms with van der Waals surface area (Å²) in [6, 6.07) is 9.04. The lowest BCUT2D eigenvalue weighted by atomic mass is 10.2. The zero-order valence-electron chi connectivity index (χ0n) is 12.5. The highest BCUT2D eigenvalue weighted by atomic mass is 32.2. The van der Waals surface area contributed by atoms with Crippen LogP contribution in [-0.4, -0.2) is 13.0 Å². The molecule has 6 heteroatoms. The van der Waals surface area contributed by atoms with E-state index in [1.54, 1.807) is 24.4 Å². The van der Waals surface area contributed by atoms with Gasteiger partial charge in [-0.15, -0.1) is 0 Å². The van der Waals surface area contributed by atoms with E-state index in [0.717, 1.165) is 11.3 Å². The largest absolute Gasteiger partial charge is 0.346 e. The van der Waals surface area contributed by atoms with Gasteiger partial charge >= 0.3 is 0 Å². The molecule has 2 aromatic rings. The number of nitrogens with two attached hydrogens (primary N) is 1. The fourth-order valence-electron chi connectivity index (χ4n) is 2.21. The molecule has 0 fully saturated rings.